The molecule has 16 heteroatoms. The number of piperidine rings is 2. The molecule has 0 spiro atoms. The molecule has 0 radical (unpaired) electrons. The van der Waals surface area contributed by atoms with E-state index >= 15 is 0 Å². The zero-order chi connectivity index (χ0) is 40.7. The lowest BCUT2D eigenvalue weighted by Gasteiger charge is -2.40. The molecule has 3 aromatic heterocycles. The highest BCUT2D eigenvalue weighted by molar-refractivity contribution is 6.05. The first-order valence-corrected chi connectivity index (χ1v) is 19.4. The fraction of sp³-hybridized carbons (Fsp3) is 0.463. The van der Waals surface area contributed by atoms with Gasteiger partial charge in [-0.15, -0.1) is 0 Å². The molecule has 4 N–H and O–H groups in total. The number of ether oxygens (including phenoxy) is 1. The standard InChI is InChI=1S/C41H50F2N8O6/c1-26(2)57-34-22-36-47-33(25-51(36)24-30(34)39(54)48-35-8-4-6-31(46-35)38(42)43)27-13-17-50(18-14-27)37(53)23-41(56)15-19-49(20-16-41)29-11-9-28(10-12-29)45-32(7-5-21-52)40(55)44-3/h4,6,8-12,21-22,24-27,32,38,45,56H,5,7,13-20,23H2,1-3H3,(H,44,55)(H,46,48,54). The molecule has 5 heterocycles. The Kier molecular flexibility index (Phi) is 13.0. The van der Waals surface area contributed by atoms with E-state index in [2.05, 4.69) is 25.8 Å². The van der Waals surface area contributed by atoms with E-state index in [4.69, 9.17) is 9.72 Å². The number of likely N-dealkylation sites (N-methyl/N-ethyl adjacent to an activating group) is 1. The van der Waals surface area contributed by atoms with E-state index in [0.29, 0.717) is 69.7 Å². The molecule has 1 unspecified atom stereocenters. The maximum absolute atomic E-state index is 13.5. The van der Waals surface area contributed by atoms with Gasteiger partial charge in [0.05, 0.1) is 29.4 Å². The van der Waals surface area contributed by atoms with Gasteiger partial charge in [-0.1, -0.05) is 6.07 Å². The number of alkyl halides is 2. The Hall–Kier alpha value is -5.64. The Morgan fingerprint density at radius 2 is 1.74 bits per heavy atom. The third-order valence-electron chi connectivity index (χ3n) is 10.6. The smallest absolute Gasteiger partial charge is 0.280 e. The number of hydrogen-bond acceptors (Lipinski definition) is 10. The quantitative estimate of drug-likeness (QED) is 0.115. The van der Waals surface area contributed by atoms with E-state index in [1.54, 1.807) is 23.7 Å². The molecule has 0 aliphatic carbocycles. The van der Waals surface area contributed by atoms with Crippen LogP contribution in [0.5, 0.6) is 5.75 Å². The molecule has 57 heavy (non-hydrogen) atoms. The summed E-state index contributed by atoms with van der Waals surface area (Å²) in [6.45, 7) is 5.89. The fourth-order valence-electron chi connectivity index (χ4n) is 7.40. The lowest BCUT2D eigenvalue weighted by Crippen LogP contribution is -2.48. The number of aromatic nitrogens is 3. The van der Waals surface area contributed by atoms with Gasteiger partial charge in [-0.2, -0.15) is 0 Å². The highest BCUT2D eigenvalue weighted by Crippen LogP contribution is 2.33. The number of amides is 3. The third-order valence-corrected chi connectivity index (χ3v) is 10.6. The second-order valence-corrected chi connectivity index (χ2v) is 15.0. The minimum atomic E-state index is -2.77. The van der Waals surface area contributed by atoms with E-state index in [9.17, 15) is 33.1 Å². The Bertz CT molecular complexity index is 2040. The third kappa shape index (κ3) is 10.2. The minimum absolute atomic E-state index is 0.00202. The van der Waals surface area contributed by atoms with Crippen LogP contribution in [0, 0.1) is 0 Å². The molecule has 4 aromatic rings. The SMILES string of the molecule is CNC(=O)C(CCC=O)Nc1ccc(N2CCC(O)(CC(=O)N3CCC(c4cn5cc(C(=O)Nc6cccc(C(F)F)n6)c(OC(C)C)cc5n4)CC3)CC2)cc1. The van der Waals surface area contributed by atoms with Crippen molar-refractivity contribution in [2.75, 3.05) is 48.8 Å². The minimum Gasteiger partial charge on any atom is -0.490 e. The van der Waals surface area contributed by atoms with Crippen LogP contribution in [0.4, 0.5) is 26.0 Å². The average Bonchev–Trinajstić information content (AvgIpc) is 3.62. The second kappa shape index (κ2) is 18.1. The van der Waals surface area contributed by atoms with Crippen molar-refractivity contribution in [1.82, 2.24) is 24.6 Å². The molecule has 0 bridgehead atoms. The second-order valence-electron chi connectivity index (χ2n) is 15.0. The van der Waals surface area contributed by atoms with Crippen LogP contribution in [0.3, 0.4) is 0 Å². The number of carbonyl (C=O) groups is 4. The van der Waals surface area contributed by atoms with Gasteiger partial charge in [0.2, 0.25) is 11.8 Å². The van der Waals surface area contributed by atoms with Gasteiger partial charge in [0, 0.05) is 75.4 Å². The highest BCUT2D eigenvalue weighted by Gasteiger charge is 2.37. The Balaban J connectivity index is 1.02. The largest absolute Gasteiger partial charge is 0.490 e. The number of benzene rings is 1. The van der Waals surface area contributed by atoms with Crippen LogP contribution in [0.1, 0.15) is 92.9 Å². The molecular weight excluding hydrogens is 738 g/mol. The molecule has 2 aliphatic rings. The van der Waals surface area contributed by atoms with Gasteiger partial charge in [-0.05, 0) is 82.3 Å². The zero-order valence-electron chi connectivity index (χ0n) is 32.4. The van der Waals surface area contributed by atoms with Gasteiger partial charge < -0.3 is 44.8 Å². The van der Waals surface area contributed by atoms with Gasteiger partial charge in [0.15, 0.2) is 0 Å². The average molecular weight is 789 g/mol. The van der Waals surface area contributed by atoms with Gasteiger partial charge >= 0.3 is 0 Å². The number of rotatable bonds is 15. The van der Waals surface area contributed by atoms with E-state index in [0.717, 1.165) is 23.4 Å². The maximum Gasteiger partial charge on any atom is 0.280 e. The number of likely N-dealkylation sites (tertiary alicyclic amines) is 1. The topological polar surface area (TPSA) is 170 Å². The summed E-state index contributed by atoms with van der Waals surface area (Å²) in [5.41, 5.74) is 1.79. The van der Waals surface area contributed by atoms with Crippen molar-refractivity contribution in [1.29, 1.82) is 0 Å². The number of nitrogens with zero attached hydrogens (tertiary/aromatic N) is 5. The van der Waals surface area contributed by atoms with E-state index in [1.165, 1.54) is 18.2 Å². The summed E-state index contributed by atoms with van der Waals surface area (Å²) in [4.78, 5) is 62.5. The number of hydrogen-bond donors (Lipinski definition) is 4. The first kappa shape index (κ1) is 41.0. The first-order chi connectivity index (χ1) is 27.3. The predicted molar refractivity (Wildman–Crippen MR) is 211 cm³/mol. The molecule has 2 saturated heterocycles. The summed E-state index contributed by atoms with van der Waals surface area (Å²) >= 11 is 0. The number of fused-ring (bicyclic) bond motifs is 1. The van der Waals surface area contributed by atoms with Crippen molar-refractivity contribution >= 4 is 46.8 Å². The van der Waals surface area contributed by atoms with Crippen molar-refractivity contribution in [2.45, 2.75) is 88.9 Å². The maximum atomic E-state index is 13.5. The van der Waals surface area contributed by atoms with Crippen molar-refractivity contribution < 1.29 is 37.8 Å². The van der Waals surface area contributed by atoms with Gasteiger partial charge in [0.1, 0.15) is 35.2 Å². The number of aliphatic hydroxyl groups is 1. The van der Waals surface area contributed by atoms with Crippen LogP contribution in [0.2, 0.25) is 0 Å². The molecule has 2 fully saturated rings. The molecule has 6 rings (SSSR count). The molecule has 2 aliphatic heterocycles. The van der Waals surface area contributed by atoms with Gasteiger partial charge in [-0.3, -0.25) is 14.4 Å². The Morgan fingerprint density at radius 3 is 2.39 bits per heavy atom. The lowest BCUT2D eigenvalue weighted by molar-refractivity contribution is -0.138. The van der Waals surface area contributed by atoms with Crippen LogP contribution in [0.25, 0.3) is 5.65 Å². The van der Waals surface area contributed by atoms with Crippen molar-refractivity contribution in [3.8, 4) is 5.75 Å². The van der Waals surface area contributed by atoms with Crippen LogP contribution in [-0.4, -0.2) is 99.4 Å². The molecule has 1 aromatic carbocycles. The van der Waals surface area contributed by atoms with Crippen molar-refractivity contribution in [3.05, 3.63) is 77.9 Å². The molecular formula is C41H50F2N8O6. The van der Waals surface area contributed by atoms with Crippen molar-refractivity contribution in [3.63, 3.8) is 0 Å². The Morgan fingerprint density at radius 1 is 1.02 bits per heavy atom. The number of aldehydes is 1. The monoisotopic (exact) mass is 788 g/mol. The number of halogens is 2. The summed E-state index contributed by atoms with van der Waals surface area (Å²) in [7, 11) is 1.56. The summed E-state index contributed by atoms with van der Waals surface area (Å²) in [6.07, 6.45) is 4.22. The number of pyridine rings is 2. The van der Waals surface area contributed by atoms with Gasteiger partial charge in [-0.25, -0.2) is 18.7 Å². The number of nitrogens with one attached hydrogen (secondary N) is 3. The molecule has 3 amide bonds. The van der Waals surface area contributed by atoms with E-state index in [1.807, 2.05) is 49.2 Å². The number of imidazole rings is 1. The normalized spacial score (nSPS) is 16.4. The fourth-order valence-corrected chi connectivity index (χ4v) is 7.40. The number of anilines is 3. The highest BCUT2D eigenvalue weighted by atomic mass is 19.3. The van der Waals surface area contributed by atoms with Gasteiger partial charge in [0.25, 0.3) is 12.3 Å². The van der Waals surface area contributed by atoms with Crippen LogP contribution >= 0.6 is 0 Å². The molecule has 14 nitrogen and oxygen atoms in total. The van der Waals surface area contributed by atoms with Crippen molar-refractivity contribution in [2.24, 2.45) is 0 Å². The first-order valence-electron chi connectivity index (χ1n) is 19.4. The summed E-state index contributed by atoms with van der Waals surface area (Å²) in [5, 5.41) is 19.9. The lowest BCUT2D eigenvalue weighted by atomic mass is 9.86. The van der Waals surface area contributed by atoms with Crippen LogP contribution in [0.15, 0.2) is 60.9 Å². The van der Waals surface area contributed by atoms with Crippen LogP contribution in [-0.2, 0) is 14.4 Å². The van der Waals surface area contributed by atoms with Crippen LogP contribution < -0.4 is 25.6 Å². The Labute approximate surface area is 330 Å². The molecule has 0 saturated carbocycles. The van der Waals surface area contributed by atoms with E-state index < -0.39 is 29.7 Å². The molecule has 304 valence electrons. The predicted octanol–water partition coefficient (Wildman–Crippen LogP) is 5.34. The van der Waals surface area contributed by atoms with E-state index in [-0.39, 0.29) is 48.1 Å². The zero-order valence-corrected chi connectivity index (χ0v) is 32.4. The molecule has 1 atom stereocenters. The summed E-state index contributed by atoms with van der Waals surface area (Å²) in [5.74, 6) is -0.459. The summed E-state index contributed by atoms with van der Waals surface area (Å²) < 4.78 is 34.1. The number of carbonyl (C=O) groups excluding carboxylic acids is 4. The summed E-state index contributed by atoms with van der Waals surface area (Å²) in [6, 6.07) is 12.9.